The third-order valence-electron chi connectivity index (χ3n) is 3.18. The van der Waals surface area contributed by atoms with Crippen LogP contribution in [0.4, 0.5) is 5.69 Å². The molecule has 4 heteroatoms. The first-order valence-corrected chi connectivity index (χ1v) is 5.82. The van der Waals surface area contributed by atoms with Crippen LogP contribution in [0.3, 0.4) is 0 Å². The van der Waals surface area contributed by atoms with Gasteiger partial charge in [0.2, 0.25) is 0 Å². The molecule has 2 N–H and O–H groups in total. The second-order valence-electron chi connectivity index (χ2n) is 4.42. The van der Waals surface area contributed by atoms with Crippen LogP contribution < -0.4 is 10.1 Å². The van der Waals surface area contributed by atoms with E-state index in [1.54, 1.807) is 31.4 Å². The molecule has 4 nitrogen and oxygen atoms in total. The lowest BCUT2D eigenvalue weighted by Crippen LogP contribution is -2.40. The van der Waals surface area contributed by atoms with Gasteiger partial charge in [0.1, 0.15) is 11.4 Å². The van der Waals surface area contributed by atoms with Gasteiger partial charge >= 0.3 is 0 Å². The van der Waals surface area contributed by atoms with Gasteiger partial charge in [0.15, 0.2) is 0 Å². The summed E-state index contributed by atoms with van der Waals surface area (Å²) in [5.74, 6) is 0.365. The van der Waals surface area contributed by atoms with Crippen molar-refractivity contribution in [2.45, 2.75) is 31.3 Å². The van der Waals surface area contributed by atoms with Crippen molar-refractivity contribution < 1.29 is 14.6 Å². The van der Waals surface area contributed by atoms with E-state index in [2.05, 4.69) is 5.32 Å². The molecule has 0 bridgehead atoms. The molecular weight excluding hydrogens is 218 g/mol. The predicted molar refractivity (Wildman–Crippen MR) is 65.0 cm³/mol. The van der Waals surface area contributed by atoms with Gasteiger partial charge in [-0.25, -0.2) is 0 Å². The third kappa shape index (κ3) is 2.58. The molecule has 92 valence electrons. The van der Waals surface area contributed by atoms with E-state index in [0.29, 0.717) is 24.3 Å². The maximum absolute atomic E-state index is 11.9. The van der Waals surface area contributed by atoms with Gasteiger partial charge in [0.25, 0.3) is 5.91 Å². The number of hydrogen-bond acceptors (Lipinski definition) is 3. The van der Waals surface area contributed by atoms with Gasteiger partial charge in [-0.15, -0.1) is 0 Å². The smallest absolute Gasteiger partial charge is 0.256 e. The maximum Gasteiger partial charge on any atom is 0.256 e. The van der Waals surface area contributed by atoms with Gasteiger partial charge in [0.05, 0.1) is 7.11 Å². The van der Waals surface area contributed by atoms with E-state index in [9.17, 15) is 9.90 Å². The zero-order chi connectivity index (χ0) is 12.3. The van der Waals surface area contributed by atoms with Crippen molar-refractivity contribution in [1.29, 1.82) is 0 Å². The minimum Gasteiger partial charge on any atom is -0.497 e. The summed E-state index contributed by atoms with van der Waals surface area (Å²) < 4.78 is 5.07. The Hall–Kier alpha value is -1.55. The van der Waals surface area contributed by atoms with Crippen LogP contribution in [-0.4, -0.2) is 23.7 Å². The van der Waals surface area contributed by atoms with Gasteiger partial charge in [0, 0.05) is 11.8 Å². The van der Waals surface area contributed by atoms with E-state index in [0.717, 1.165) is 12.8 Å². The highest BCUT2D eigenvalue weighted by molar-refractivity contribution is 5.97. The Morgan fingerprint density at radius 3 is 2.76 bits per heavy atom. The number of amides is 1. The summed E-state index contributed by atoms with van der Waals surface area (Å²) in [6.07, 6.45) is 2.90. The largest absolute Gasteiger partial charge is 0.497 e. The topological polar surface area (TPSA) is 58.6 Å². The Morgan fingerprint density at radius 1 is 1.41 bits per heavy atom. The summed E-state index contributed by atoms with van der Waals surface area (Å²) in [4.78, 5) is 11.9. The Balaban J connectivity index is 2.07. The fourth-order valence-corrected chi connectivity index (χ4v) is 2.14. The molecule has 1 saturated carbocycles. The first-order chi connectivity index (χ1) is 8.14. The fraction of sp³-hybridized carbons (Fsp3) is 0.462. The zero-order valence-electron chi connectivity index (χ0n) is 9.90. The van der Waals surface area contributed by atoms with Crippen molar-refractivity contribution in [3.8, 4) is 5.75 Å². The van der Waals surface area contributed by atoms with Crippen LogP contribution in [-0.2, 0) is 4.79 Å². The number of ether oxygens (including phenoxy) is 1. The van der Waals surface area contributed by atoms with Crippen LogP contribution in [0, 0.1) is 0 Å². The van der Waals surface area contributed by atoms with Crippen LogP contribution in [0.15, 0.2) is 24.3 Å². The van der Waals surface area contributed by atoms with Gasteiger partial charge in [-0.3, -0.25) is 4.79 Å². The summed E-state index contributed by atoms with van der Waals surface area (Å²) in [5, 5.41) is 12.8. The van der Waals surface area contributed by atoms with Crippen molar-refractivity contribution in [2.75, 3.05) is 12.4 Å². The van der Waals surface area contributed by atoms with E-state index in [1.165, 1.54) is 0 Å². The molecule has 1 aromatic carbocycles. The number of anilines is 1. The minimum atomic E-state index is -1.19. The highest BCUT2D eigenvalue weighted by atomic mass is 16.5. The molecule has 1 amide bonds. The molecule has 1 aliphatic rings. The highest BCUT2D eigenvalue weighted by Crippen LogP contribution is 2.30. The first kappa shape index (κ1) is 11.9. The molecule has 2 rings (SSSR count). The molecule has 0 heterocycles. The number of nitrogens with one attached hydrogen (secondary N) is 1. The second-order valence-corrected chi connectivity index (χ2v) is 4.42. The molecule has 1 fully saturated rings. The van der Waals surface area contributed by atoms with Crippen LogP contribution >= 0.6 is 0 Å². The quantitative estimate of drug-likeness (QED) is 0.841. The van der Waals surface area contributed by atoms with Crippen molar-refractivity contribution in [3.05, 3.63) is 24.3 Å². The molecule has 0 radical (unpaired) electrons. The standard InChI is InChI=1S/C13H17NO3/c1-17-11-6-4-5-10(9-11)14-12(15)13(16)7-2-3-8-13/h4-6,9,16H,2-3,7-8H2,1H3,(H,14,15). The number of methoxy groups -OCH3 is 1. The van der Waals surface area contributed by atoms with Gasteiger partial charge in [-0.1, -0.05) is 6.07 Å². The summed E-state index contributed by atoms with van der Waals surface area (Å²) in [5.41, 5.74) is -0.544. The monoisotopic (exact) mass is 235 g/mol. The molecule has 1 aliphatic carbocycles. The molecule has 0 atom stereocenters. The number of rotatable bonds is 3. The molecule has 1 aromatic rings. The number of benzene rings is 1. The van der Waals surface area contributed by atoms with Gasteiger partial charge < -0.3 is 15.2 Å². The van der Waals surface area contributed by atoms with Crippen LogP contribution in [0.2, 0.25) is 0 Å². The zero-order valence-corrected chi connectivity index (χ0v) is 9.90. The normalized spacial score (nSPS) is 17.8. The van der Waals surface area contributed by atoms with Crippen LogP contribution in [0.5, 0.6) is 5.75 Å². The molecule has 17 heavy (non-hydrogen) atoms. The molecule has 0 unspecified atom stereocenters. The van der Waals surface area contributed by atoms with E-state index in [1.807, 2.05) is 0 Å². The highest BCUT2D eigenvalue weighted by Gasteiger charge is 2.38. The Kier molecular flexibility index (Phi) is 3.33. The second kappa shape index (κ2) is 4.75. The molecular formula is C13H17NO3. The minimum absolute atomic E-state index is 0.316. The summed E-state index contributed by atoms with van der Waals surface area (Å²) in [6, 6.07) is 7.11. The fourth-order valence-electron chi connectivity index (χ4n) is 2.14. The van der Waals surface area contributed by atoms with E-state index < -0.39 is 5.60 Å². The van der Waals surface area contributed by atoms with Crippen LogP contribution in [0.25, 0.3) is 0 Å². The lowest BCUT2D eigenvalue weighted by Gasteiger charge is -2.21. The van der Waals surface area contributed by atoms with E-state index in [-0.39, 0.29) is 5.91 Å². The van der Waals surface area contributed by atoms with Crippen molar-refractivity contribution in [3.63, 3.8) is 0 Å². The summed E-state index contributed by atoms with van der Waals surface area (Å²) in [6.45, 7) is 0. The molecule has 0 spiro atoms. The molecule has 0 aromatic heterocycles. The van der Waals surface area contributed by atoms with Gasteiger partial charge in [-0.05, 0) is 37.8 Å². The van der Waals surface area contributed by atoms with Crippen molar-refractivity contribution in [2.24, 2.45) is 0 Å². The average molecular weight is 235 g/mol. The maximum atomic E-state index is 11.9. The number of carbonyl (C=O) groups excluding carboxylic acids is 1. The Labute approximate surface area is 101 Å². The average Bonchev–Trinajstić information content (AvgIpc) is 2.78. The number of hydrogen-bond donors (Lipinski definition) is 2. The predicted octanol–water partition coefficient (Wildman–Crippen LogP) is 1.94. The lowest BCUT2D eigenvalue weighted by atomic mass is 10.0. The first-order valence-electron chi connectivity index (χ1n) is 5.82. The Morgan fingerprint density at radius 2 is 2.12 bits per heavy atom. The van der Waals surface area contributed by atoms with Crippen molar-refractivity contribution >= 4 is 11.6 Å². The molecule has 0 saturated heterocycles. The van der Waals surface area contributed by atoms with E-state index >= 15 is 0 Å². The Bertz CT molecular complexity index is 411. The number of carbonyl (C=O) groups is 1. The summed E-state index contributed by atoms with van der Waals surface area (Å²) >= 11 is 0. The van der Waals surface area contributed by atoms with Crippen molar-refractivity contribution in [1.82, 2.24) is 0 Å². The lowest BCUT2D eigenvalue weighted by molar-refractivity contribution is -0.133. The summed E-state index contributed by atoms with van der Waals surface area (Å²) in [7, 11) is 1.57. The molecule has 0 aliphatic heterocycles. The van der Waals surface area contributed by atoms with Gasteiger partial charge in [-0.2, -0.15) is 0 Å². The SMILES string of the molecule is COc1cccc(NC(=O)C2(O)CCCC2)c1. The number of aliphatic hydroxyl groups is 1. The van der Waals surface area contributed by atoms with Crippen LogP contribution in [0.1, 0.15) is 25.7 Å². The third-order valence-corrected chi connectivity index (χ3v) is 3.18. The van der Waals surface area contributed by atoms with E-state index in [4.69, 9.17) is 4.74 Å².